The van der Waals surface area contributed by atoms with Crippen molar-refractivity contribution in [2.24, 2.45) is 0 Å². The zero-order valence-electron chi connectivity index (χ0n) is 29.6. The molecule has 4 aromatic carbocycles. The number of alkyl halides is 3. The Labute approximate surface area is 301 Å². The van der Waals surface area contributed by atoms with Gasteiger partial charge in [-0.1, -0.05) is 42.5 Å². The molecule has 0 radical (unpaired) electrons. The van der Waals surface area contributed by atoms with Gasteiger partial charge in [-0.05, 0) is 115 Å². The Bertz CT molecular complexity index is 2190. The number of aliphatic hydroxyl groups is 1. The summed E-state index contributed by atoms with van der Waals surface area (Å²) in [5, 5.41) is 19.9. The molecule has 7 nitrogen and oxygen atoms in total. The molecule has 52 heavy (non-hydrogen) atoms. The van der Waals surface area contributed by atoms with Gasteiger partial charge in [-0.2, -0.15) is 18.4 Å². The van der Waals surface area contributed by atoms with Crippen molar-refractivity contribution in [3.63, 3.8) is 0 Å². The molecule has 3 heterocycles. The van der Waals surface area contributed by atoms with Crippen LogP contribution in [0.1, 0.15) is 63.8 Å². The largest absolute Gasteiger partial charge is 0.496 e. The second-order valence-corrected chi connectivity index (χ2v) is 13.9. The second-order valence-electron chi connectivity index (χ2n) is 13.9. The van der Waals surface area contributed by atoms with Gasteiger partial charge >= 0.3 is 6.18 Å². The highest BCUT2D eigenvalue weighted by atomic mass is 19.4. The molecule has 5 aromatic rings. The number of benzene rings is 4. The van der Waals surface area contributed by atoms with E-state index in [0.717, 1.165) is 77.8 Å². The van der Waals surface area contributed by atoms with Gasteiger partial charge in [0.25, 0.3) is 0 Å². The number of rotatable bonds is 9. The molecule has 1 aromatic heterocycles. The fraction of sp³-hybridized carbons (Fsp3) is 0.333. The molecule has 2 fully saturated rings. The Balaban J connectivity index is 1.20. The van der Waals surface area contributed by atoms with Gasteiger partial charge in [-0.25, -0.2) is 4.98 Å². The molecule has 0 spiro atoms. The SMILES string of the molecule is COc1cc(/C=C/c2cccc(-c3cccc(-c4nc5cc(CN6CC[C@@H](O)C6)cc(C#N)c5o4)c3C)c2C)c(C(F)(F)F)cc1CN1CCCC1. The topological polar surface area (TPSA) is 85.8 Å². The molecule has 0 amide bonds. The third-order valence-corrected chi connectivity index (χ3v) is 10.3. The lowest BCUT2D eigenvalue weighted by Gasteiger charge is -2.20. The molecule has 2 saturated heterocycles. The van der Waals surface area contributed by atoms with Crippen molar-refractivity contribution in [2.75, 3.05) is 33.3 Å². The van der Waals surface area contributed by atoms with E-state index in [1.807, 2.05) is 62.4 Å². The van der Waals surface area contributed by atoms with Crippen LogP contribution in [-0.2, 0) is 19.3 Å². The Kier molecular flexibility index (Phi) is 9.94. The number of hydrogen-bond acceptors (Lipinski definition) is 7. The van der Waals surface area contributed by atoms with Crippen molar-refractivity contribution in [3.05, 3.63) is 105 Å². The Morgan fingerprint density at radius 2 is 1.63 bits per heavy atom. The molecule has 7 rings (SSSR count). The van der Waals surface area contributed by atoms with Gasteiger partial charge in [-0.15, -0.1) is 0 Å². The number of ether oxygens (including phenoxy) is 1. The number of nitriles is 1. The first-order valence-corrected chi connectivity index (χ1v) is 17.6. The maximum Gasteiger partial charge on any atom is 0.417 e. The van der Waals surface area contributed by atoms with Crippen molar-refractivity contribution in [3.8, 4) is 34.4 Å². The summed E-state index contributed by atoms with van der Waals surface area (Å²) in [6, 6.07) is 20.4. The van der Waals surface area contributed by atoms with Gasteiger partial charge in [-0.3, -0.25) is 9.80 Å². The molecule has 0 saturated carbocycles. The van der Waals surface area contributed by atoms with Gasteiger partial charge in [0.1, 0.15) is 17.3 Å². The minimum Gasteiger partial charge on any atom is -0.496 e. The molecular weight excluding hydrogens is 665 g/mol. The number of halogens is 3. The quantitative estimate of drug-likeness (QED) is 0.153. The van der Waals surface area contributed by atoms with Crippen LogP contribution in [0.2, 0.25) is 0 Å². The average molecular weight is 707 g/mol. The lowest BCUT2D eigenvalue weighted by atomic mass is 9.91. The number of aromatic nitrogens is 1. The van der Waals surface area contributed by atoms with E-state index in [1.165, 1.54) is 25.3 Å². The van der Waals surface area contributed by atoms with Gasteiger partial charge in [0.05, 0.1) is 24.3 Å². The number of β-amino-alcohol motifs (C(OH)–C–C–N with tert-alkyl or cyclic N) is 1. The number of hydrogen-bond donors (Lipinski definition) is 1. The minimum absolute atomic E-state index is 0.0476. The van der Waals surface area contributed by atoms with E-state index in [-0.39, 0.29) is 11.7 Å². The molecule has 1 atom stereocenters. The van der Waals surface area contributed by atoms with Crippen molar-refractivity contribution in [1.29, 1.82) is 5.26 Å². The van der Waals surface area contributed by atoms with Crippen LogP contribution in [0.25, 0.3) is 45.8 Å². The van der Waals surface area contributed by atoms with Crippen LogP contribution in [0.15, 0.2) is 65.1 Å². The lowest BCUT2D eigenvalue weighted by Crippen LogP contribution is -2.21. The molecular formula is C42H41F3N4O3. The van der Waals surface area contributed by atoms with Crippen molar-refractivity contribution >= 4 is 23.3 Å². The lowest BCUT2D eigenvalue weighted by molar-refractivity contribution is -0.137. The summed E-state index contributed by atoms with van der Waals surface area (Å²) >= 11 is 0. The Morgan fingerprint density at radius 3 is 2.33 bits per heavy atom. The second kappa shape index (κ2) is 14.6. The highest BCUT2D eigenvalue weighted by Gasteiger charge is 2.34. The van der Waals surface area contributed by atoms with E-state index in [9.17, 15) is 23.5 Å². The monoisotopic (exact) mass is 706 g/mol. The zero-order valence-corrected chi connectivity index (χ0v) is 29.6. The Morgan fingerprint density at radius 1 is 0.923 bits per heavy atom. The third kappa shape index (κ3) is 7.22. The van der Waals surface area contributed by atoms with Gasteiger partial charge in [0.15, 0.2) is 5.58 Å². The summed E-state index contributed by atoms with van der Waals surface area (Å²) in [6.45, 7) is 8.11. The van der Waals surface area contributed by atoms with Gasteiger partial charge in [0, 0.05) is 37.3 Å². The van der Waals surface area contributed by atoms with Crippen LogP contribution in [0.5, 0.6) is 5.75 Å². The molecule has 2 aliphatic rings. The van der Waals surface area contributed by atoms with Crippen LogP contribution in [0.4, 0.5) is 13.2 Å². The number of methoxy groups -OCH3 is 1. The van der Waals surface area contributed by atoms with Crippen LogP contribution in [0.3, 0.4) is 0 Å². The first kappa shape index (κ1) is 35.5. The van der Waals surface area contributed by atoms with Crippen molar-refractivity contribution in [1.82, 2.24) is 14.8 Å². The summed E-state index contributed by atoms with van der Waals surface area (Å²) in [7, 11) is 1.50. The highest BCUT2D eigenvalue weighted by Crippen LogP contribution is 2.39. The van der Waals surface area contributed by atoms with E-state index < -0.39 is 11.7 Å². The van der Waals surface area contributed by atoms with E-state index in [2.05, 4.69) is 15.9 Å². The number of oxazole rings is 1. The fourth-order valence-corrected chi connectivity index (χ4v) is 7.58. The van der Waals surface area contributed by atoms with Gasteiger partial charge < -0.3 is 14.3 Å². The number of fused-ring (bicyclic) bond motifs is 1. The van der Waals surface area contributed by atoms with E-state index in [0.29, 0.717) is 53.5 Å². The Hall–Kier alpha value is -4.95. The fourth-order valence-electron chi connectivity index (χ4n) is 7.58. The van der Waals surface area contributed by atoms with E-state index in [4.69, 9.17) is 14.1 Å². The van der Waals surface area contributed by atoms with E-state index in [1.54, 1.807) is 6.08 Å². The average Bonchev–Trinajstić information content (AvgIpc) is 3.89. The minimum atomic E-state index is -4.53. The van der Waals surface area contributed by atoms with Gasteiger partial charge in [0.2, 0.25) is 5.89 Å². The predicted octanol–water partition coefficient (Wildman–Crippen LogP) is 9.01. The van der Waals surface area contributed by atoms with Crippen molar-refractivity contribution in [2.45, 2.75) is 58.5 Å². The number of likely N-dealkylation sites (tertiary alicyclic amines) is 2. The summed E-state index contributed by atoms with van der Waals surface area (Å²) in [4.78, 5) is 9.13. The van der Waals surface area contributed by atoms with Crippen LogP contribution in [-0.4, -0.2) is 59.3 Å². The normalized spacial score (nSPS) is 17.1. The summed E-state index contributed by atoms with van der Waals surface area (Å²) < 4.78 is 55.0. The first-order valence-electron chi connectivity index (χ1n) is 17.6. The van der Waals surface area contributed by atoms with Crippen LogP contribution in [0, 0.1) is 25.2 Å². The standard InChI is InChI=1S/C42H41F3N4O3/c1-26-29(12-13-30-21-39(51-3)32(20-37(30)42(43,44)45)24-48-15-4-5-16-48)8-6-9-34(26)35-10-7-11-36(27(35)2)41-47-38-19-28(18-31(22-46)40(38)52-41)23-49-17-14-33(50)25-49/h6-13,18-21,33,50H,4-5,14-17,23-25H2,1-3H3/b13-12+/t33-/m1/s1. The number of nitrogens with zero attached hydrogens (tertiary/aromatic N) is 4. The molecule has 0 unspecified atom stereocenters. The molecule has 10 heteroatoms. The highest BCUT2D eigenvalue weighted by molar-refractivity contribution is 5.85. The maximum atomic E-state index is 14.4. The zero-order chi connectivity index (χ0) is 36.6. The van der Waals surface area contributed by atoms with Crippen molar-refractivity contribution < 1.29 is 27.4 Å². The first-order chi connectivity index (χ1) is 25.0. The van der Waals surface area contributed by atoms with Crippen LogP contribution < -0.4 is 4.74 Å². The molecule has 0 aliphatic carbocycles. The molecule has 268 valence electrons. The molecule has 2 aliphatic heterocycles. The summed E-state index contributed by atoms with van der Waals surface area (Å²) in [6.07, 6.45) is 1.21. The summed E-state index contributed by atoms with van der Waals surface area (Å²) in [5.74, 6) is 0.844. The van der Waals surface area contributed by atoms with Crippen LogP contribution >= 0.6 is 0 Å². The smallest absolute Gasteiger partial charge is 0.417 e. The molecule has 1 N–H and O–H groups in total. The maximum absolute atomic E-state index is 14.4. The number of aliphatic hydroxyl groups excluding tert-OH is 1. The molecule has 0 bridgehead atoms. The predicted molar refractivity (Wildman–Crippen MR) is 196 cm³/mol. The van der Waals surface area contributed by atoms with E-state index >= 15 is 0 Å². The third-order valence-electron chi connectivity index (χ3n) is 10.3. The summed E-state index contributed by atoms with van der Waals surface area (Å²) in [5.41, 5.74) is 7.51.